The Hall–Kier alpha value is -2.56. The molecule has 5 heteroatoms. The number of H-pyrrole nitrogens is 1. The van der Waals surface area contributed by atoms with Crippen molar-refractivity contribution < 1.29 is 4.79 Å². The van der Waals surface area contributed by atoms with Gasteiger partial charge in [-0.1, -0.05) is 26.0 Å². The molecule has 2 aromatic heterocycles. The predicted molar refractivity (Wildman–Crippen MR) is 110 cm³/mol. The normalized spacial score (nSPS) is 11.5. The van der Waals surface area contributed by atoms with Crippen molar-refractivity contribution in [1.29, 1.82) is 0 Å². The van der Waals surface area contributed by atoms with Crippen molar-refractivity contribution in [1.82, 2.24) is 19.9 Å². The minimum atomic E-state index is 0.0784. The second-order valence-electron chi connectivity index (χ2n) is 7.69. The number of nitrogens with zero attached hydrogens (tertiary/aromatic N) is 2. The highest BCUT2D eigenvalue weighted by Crippen LogP contribution is 2.28. The second kappa shape index (κ2) is 7.99. The molecule has 3 aromatic rings. The van der Waals surface area contributed by atoms with Gasteiger partial charge in [-0.15, -0.1) is 0 Å². The molecule has 0 aliphatic heterocycles. The lowest BCUT2D eigenvalue weighted by Crippen LogP contribution is -2.27. The minimum Gasteiger partial charge on any atom is -0.358 e. The van der Waals surface area contributed by atoms with Gasteiger partial charge in [0, 0.05) is 48.0 Å². The molecule has 0 atom stereocenters. The maximum atomic E-state index is 12.5. The van der Waals surface area contributed by atoms with Gasteiger partial charge in [0.2, 0.25) is 5.91 Å². The number of imidazole rings is 1. The summed E-state index contributed by atoms with van der Waals surface area (Å²) < 4.78 is 2.17. The summed E-state index contributed by atoms with van der Waals surface area (Å²) in [7, 11) is 0. The van der Waals surface area contributed by atoms with E-state index < -0.39 is 0 Å². The summed E-state index contributed by atoms with van der Waals surface area (Å²) in [6, 6.07) is 4.25. The molecule has 1 amide bonds. The molecule has 0 fully saturated rings. The van der Waals surface area contributed by atoms with Crippen LogP contribution in [0.5, 0.6) is 0 Å². The van der Waals surface area contributed by atoms with E-state index in [4.69, 9.17) is 0 Å². The summed E-state index contributed by atoms with van der Waals surface area (Å²) in [5.41, 5.74) is 5.77. The fourth-order valence-corrected chi connectivity index (χ4v) is 3.74. The Bertz CT molecular complexity index is 949. The van der Waals surface area contributed by atoms with Crippen LogP contribution in [0.1, 0.15) is 54.4 Å². The summed E-state index contributed by atoms with van der Waals surface area (Å²) >= 11 is 0. The molecule has 2 heterocycles. The van der Waals surface area contributed by atoms with Gasteiger partial charge >= 0.3 is 0 Å². The molecule has 0 saturated carbocycles. The van der Waals surface area contributed by atoms with Gasteiger partial charge in [0.15, 0.2) is 0 Å². The fraction of sp³-hybridized carbons (Fsp3) is 0.455. The SMILES string of the molecule is Cc1[nH]c2c(C)ccc(C)c2c1CC(=O)NCCCn1ccnc1C(C)C. The van der Waals surface area contributed by atoms with Gasteiger partial charge in [0.05, 0.1) is 6.42 Å². The first-order valence-electron chi connectivity index (χ1n) is 9.73. The van der Waals surface area contributed by atoms with Crippen LogP contribution in [-0.2, 0) is 17.8 Å². The third kappa shape index (κ3) is 4.07. The molecule has 144 valence electrons. The van der Waals surface area contributed by atoms with Gasteiger partial charge in [0.25, 0.3) is 0 Å². The maximum absolute atomic E-state index is 12.5. The van der Waals surface area contributed by atoms with Crippen LogP contribution in [0.3, 0.4) is 0 Å². The van der Waals surface area contributed by atoms with Crippen molar-refractivity contribution in [3.8, 4) is 0 Å². The number of amides is 1. The molecule has 0 saturated heterocycles. The number of hydrogen-bond donors (Lipinski definition) is 2. The average Bonchev–Trinajstić information content (AvgIpc) is 3.21. The van der Waals surface area contributed by atoms with Crippen LogP contribution in [0, 0.1) is 20.8 Å². The van der Waals surface area contributed by atoms with E-state index in [0.29, 0.717) is 18.9 Å². The van der Waals surface area contributed by atoms with Crippen LogP contribution in [0.2, 0.25) is 0 Å². The zero-order chi connectivity index (χ0) is 19.6. The van der Waals surface area contributed by atoms with Crippen LogP contribution in [0.4, 0.5) is 0 Å². The predicted octanol–water partition coefficient (Wildman–Crippen LogP) is 4.16. The molecule has 0 bridgehead atoms. The number of aromatic nitrogens is 3. The molecular weight excluding hydrogens is 336 g/mol. The number of carbonyl (C=O) groups excluding carboxylic acids is 1. The topological polar surface area (TPSA) is 62.7 Å². The number of rotatable bonds is 7. The number of aryl methyl sites for hydroxylation is 4. The second-order valence-corrected chi connectivity index (χ2v) is 7.69. The van der Waals surface area contributed by atoms with E-state index in [1.54, 1.807) is 0 Å². The van der Waals surface area contributed by atoms with Gasteiger partial charge in [-0.2, -0.15) is 0 Å². The van der Waals surface area contributed by atoms with Crippen molar-refractivity contribution in [3.63, 3.8) is 0 Å². The van der Waals surface area contributed by atoms with Crippen LogP contribution in [-0.4, -0.2) is 27.0 Å². The van der Waals surface area contributed by atoms with Crippen LogP contribution in [0.15, 0.2) is 24.5 Å². The number of fused-ring (bicyclic) bond motifs is 1. The maximum Gasteiger partial charge on any atom is 0.224 e. The summed E-state index contributed by atoms with van der Waals surface area (Å²) in [5.74, 6) is 1.59. The summed E-state index contributed by atoms with van der Waals surface area (Å²) in [6.45, 7) is 12.1. The highest BCUT2D eigenvalue weighted by molar-refractivity contribution is 5.93. The molecule has 2 N–H and O–H groups in total. The molecule has 0 aliphatic rings. The van der Waals surface area contributed by atoms with Gasteiger partial charge in [-0.25, -0.2) is 4.98 Å². The van der Waals surface area contributed by atoms with E-state index in [1.165, 1.54) is 16.5 Å². The van der Waals surface area contributed by atoms with Gasteiger partial charge in [-0.3, -0.25) is 4.79 Å². The first-order chi connectivity index (χ1) is 12.9. The largest absolute Gasteiger partial charge is 0.358 e. The Morgan fingerprint density at radius 2 is 1.96 bits per heavy atom. The van der Waals surface area contributed by atoms with Crippen molar-refractivity contribution in [2.45, 2.75) is 59.9 Å². The summed E-state index contributed by atoms with van der Waals surface area (Å²) in [5, 5.41) is 4.27. The van der Waals surface area contributed by atoms with E-state index in [-0.39, 0.29) is 5.91 Å². The fourth-order valence-electron chi connectivity index (χ4n) is 3.74. The third-order valence-corrected chi connectivity index (χ3v) is 5.19. The molecule has 0 aliphatic carbocycles. The first-order valence-corrected chi connectivity index (χ1v) is 9.73. The highest BCUT2D eigenvalue weighted by Gasteiger charge is 2.15. The molecule has 0 radical (unpaired) electrons. The van der Waals surface area contributed by atoms with E-state index in [9.17, 15) is 4.79 Å². The molecule has 3 rings (SSSR count). The van der Waals surface area contributed by atoms with Crippen LogP contribution in [0.25, 0.3) is 10.9 Å². The Kier molecular flexibility index (Phi) is 5.68. The molecule has 0 spiro atoms. The molecule has 27 heavy (non-hydrogen) atoms. The molecule has 5 nitrogen and oxygen atoms in total. The van der Waals surface area contributed by atoms with E-state index in [2.05, 4.69) is 59.7 Å². The van der Waals surface area contributed by atoms with Crippen molar-refractivity contribution >= 4 is 16.8 Å². The number of carbonyl (C=O) groups is 1. The average molecular weight is 367 g/mol. The lowest BCUT2D eigenvalue weighted by Gasteiger charge is -2.11. The van der Waals surface area contributed by atoms with Gasteiger partial charge in [0.1, 0.15) is 5.82 Å². The minimum absolute atomic E-state index is 0.0784. The Morgan fingerprint density at radius 3 is 2.70 bits per heavy atom. The van der Waals surface area contributed by atoms with Crippen molar-refractivity contribution in [2.24, 2.45) is 0 Å². The smallest absolute Gasteiger partial charge is 0.224 e. The Labute approximate surface area is 161 Å². The van der Waals surface area contributed by atoms with Crippen LogP contribution < -0.4 is 5.32 Å². The molecular formula is C22H30N4O. The quantitative estimate of drug-likeness (QED) is 0.617. The number of benzene rings is 1. The summed E-state index contributed by atoms with van der Waals surface area (Å²) in [6.07, 6.45) is 5.17. The lowest BCUT2D eigenvalue weighted by molar-refractivity contribution is -0.120. The zero-order valence-electron chi connectivity index (χ0n) is 17.0. The van der Waals surface area contributed by atoms with Crippen molar-refractivity contribution in [2.75, 3.05) is 6.54 Å². The Balaban J connectivity index is 1.59. The van der Waals surface area contributed by atoms with E-state index >= 15 is 0 Å². The number of aromatic amines is 1. The third-order valence-electron chi connectivity index (χ3n) is 5.19. The van der Waals surface area contributed by atoms with E-state index in [1.807, 2.05) is 19.3 Å². The zero-order valence-corrected chi connectivity index (χ0v) is 17.0. The number of hydrogen-bond acceptors (Lipinski definition) is 2. The molecule has 1 aromatic carbocycles. The van der Waals surface area contributed by atoms with E-state index in [0.717, 1.165) is 35.6 Å². The Morgan fingerprint density at radius 1 is 1.22 bits per heavy atom. The first kappa shape index (κ1) is 19.2. The monoisotopic (exact) mass is 366 g/mol. The van der Waals surface area contributed by atoms with Crippen LogP contribution >= 0.6 is 0 Å². The van der Waals surface area contributed by atoms with Crippen molar-refractivity contribution in [3.05, 3.63) is 52.7 Å². The molecule has 0 unspecified atom stereocenters. The highest BCUT2D eigenvalue weighted by atomic mass is 16.1. The number of nitrogens with one attached hydrogen (secondary N) is 2. The van der Waals surface area contributed by atoms with Gasteiger partial charge < -0.3 is 14.9 Å². The lowest BCUT2D eigenvalue weighted by atomic mass is 10.0. The van der Waals surface area contributed by atoms with Gasteiger partial charge in [-0.05, 0) is 43.9 Å². The standard InChI is InChI=1S/C22H30N4O/c1-14(2)22-24-10-12-26(22)11-6-9-23-19(27)13-18-17(5)25-21-16(4)8-7-15(3)20(18)21/h7-8,10,12,14,25H,6,9,11,13H2,1-5H3,(H,23,27). The summed E-state index contributed by atoms with van der Waals surface area (Å²) in [4.78, 5) is 20.4.